The third kappa shape index (κ3) is 4.74. The zero-order valence-corrected chi connectivity index (χ0v) is 18.5. The predicted octanol–water partition coefficient (Wildman–Crippen LogP) is 3.08. The van der Waals surface area contributed by atoms with Crippen molar-refractivity contribution in [2.45, 2.75) is 31.7 Å². The molecule has 2 aromatic carbocycles. The number of ether oxygens (including phenoxy) is 2. The number of hydrogen-bond acceptors (Lipinski definition) is 5. The van der Waals surface area contributed by atoms with Gasteiger partial charge in [0.1, 0.15) is 0 Å². The van der Waals surface area contributed by atoms with Crippen LogP contribution in [0.1, 0.15) is 23.6 Å². The molecule has 0 spiro atoms. The second-order valence-corrected chi connectivity index (χ2v) is 9.25. The minimum atomic E-state index is -3.44. The van der Waals surface area contributed by atoms with Crippen LogP contribution in [0.3, 0.4) is 0 Å². The Balaban J connectivity index is 1.66. The minimum absolute atomic E-state index is 0.374. The van der Waals surface area contributed by atoms with E-state index >= 15 is 0 Å². The van der Waals surface area contributed by atoms with Crippen molar-refractivity contribution in [3.63, 3.8) is 0 Å². The van der Waals surface area contributed by atoms with Crippen molar-refractivity contribution in [1.82, 2.24) is 9.21 Å². The molecule has 0 N–H and O–H groups in total. The summed E-state index contributed by atoms with van der Waals surface area (Å²) >= 11 is 0. The molecule has 0 bridgehead atoms. The highest BCUT2D eigenvalue weighted by Gasteiger charge is 2.28. The number of sulfonamides is 1. The van der Waals surface area contributed by atoms with Gasteiger partial charge in [0.05, 0.1) is 19.1 Å². The average molecular weight is 419 g/mol. The van der Waals surface area contributed by atoms with Crippen molar-refractivity contribution < 1.29 is 17.9 Å². The molecular weight excluding hydrogens is 388 g/mol. The highest BCUT2D eigenvalue weighted by molar-refractivity contribution is 7.89. The smallest absolute Gasteiger partial charge is 0.243 e. The van der Waals surface area contributed by atoms with Crippen LogP contribution in [-0.4, -0.2) is 58.0 Å². The molecule has 6 nitrogen and oxygen atoms in total. The van der Waals surface area contributed by atoms with E-state index in [4.69, 9.17) is 9.47 Å². The molecule has 7 heteroatoms. The van der Waals surface area contributed by atoms with E-state index in [2.05, 4.69) is 18.7 Å². The normalized spacial score (nSPS) is 16.0. The summed E-state index contributed by atoms with van der Waals surface area (Å²) in [6.45, 7) is 7.24. The van der Waals surface area contributed by atoms with E-state index in [1.807, 2.05) is 24.3 Å². The van der Waals surface area contributed by atoms with Gasteiger partial charge in [-0.25, -0.2) is 8.42 Å². The number of nitrogens with zero attached hydrogens (tertiary/aromatic N) is 2. The molecule has 2 aromatic rings. The molecule has 1 saturated heterocycles. The van der Waals surface area contributed by atoms with Crippen LogP contribution in [0.2, 0.25) is 0 Å². The van der Waals surface area contributed by atoms with Gasteiger partial charge in [-0.05, 0) is 54.3 Å². The number of methoxy groups -OCH3 is 2. The van der Waals surface area contributed by atoms with Crippen molar-refractivity contribution in [3.05, 3.63) is 53.1 Å². The van der Waals surface area contributed by atoms with E-state index in [0.29, 0.717) is 36.8 Å². The molecule has 1 heterocycles. The van der Waals surface area contributed by atoms with Crippen molar-refractivity contribution in [3.8, 4) is 11.5 Å². The molecule has 158 valence electrons. The summed E-state index contributed by atoms with van der Waals surface area (Å²) in [4.78, 5) is 2.65. The maximum Gasteiger partial charge on any atom is 0.243 e. The van der Waals surface area contributed by atoms with Gasteiger partial charge in [0.2, 0.25) is 10.0 Å². The average Bonchev–Trinajstić information content (AvgIpc) is 2.75. The first-order valence-electron chi connectivity index (χ1n) is 9.92. The summed E-state index contributed by atoms with van der Waals surface area (Å²) in [6, 6.07) is 11.2. The Hall–Kier alpha value is -2.09. The van der Waals surface area contributed by atoms with Gasteiger partial charge in [-0.3, -0.25) is 4.90 Å². The molecule has 0 unspecified atom stereocenters. The lowest BCUT2D eigenvalue weighted by Crippen LogP contribution is -2.48. The van der Waals surface area contributed by atoms with E-state index in [0.717, 1.165) is 35.4 Å². The van der Waals surface area contributed by atoms with Gasteiger partial charge in [-0.2, -0.15) is 4.31 Å². The fraction of sp³-hybridized carbons (Fsp3) is 0.455. The Labute approximate surface area is 174 Å². The van der Waals surface area contributed by atoms with Crippen molar-refractivity contribution in [2.24, 2.45) is 0 Å². The second-order valence-electron chi connectivity index (χ2n) is 7.31. The zero-order chi connectivity index (χ0) is 21.0. The maximum atomic E-state index is 12.9. The van der Waals surface area contributed by atoms with Gasteiger partial charge in [0.15, 0.2) is 11.5 Å². The van der Waals surface area contributed by atoms with Gasteiger partial charge in [-0.15, -0.1) is 0 Å². The fourth-order valence-electron chi connectivity index (χ4n) is 3.61. The van der Waals surface area contributed by atoms with E-state index in [1.165, 1.54) is 0 Å². The highest BCUT2D eigenvalue weighted by Crippen LogP contribution is 2.31. The number of aryl methyl sites for hydroxylation is 2. The van der Waals surface area contributed by atoms with Crippen LogP contribution in [0.25, 0.3) is 0 Å². The first-order chi connectivity index (χ1) is 13.9. The van der Waals surface area contributed by atoms with Crippen LogP contribution in [0.15, 0.2) is 41.3 Å². The van der Waals surface area contributed by atoms with Crippen molar-refractivity contribution >= 4 is 10.0 Å². The quantitative estimate of drug-likeness (QED) is 0.692. The molecule has 0 amide bonds. The molecule has 0 radical (unpaired) electrons. The summed E-state index contributed by atoms with van der Waals surface area (Å²) in [6.07, 6.45) is 0.897. The van der Waals surface area contributed by atoms with Crippen molar-refractivity contribution in [2.75, 3.05) is 40.4 Å². The topological polar surface area (TPSA) is 59.1 Å². The molecule has 1 aliphatic rings. The molecule has 0 atom stereocenters. The predicted molar refractivity (Wildman–Crippen MR) is 114 cm³/mol. The summed E-state index contributed by atoms with van der Waals surface area (Å²) < 4.78 is 38.2. The Morgan fingerprint density at radius 3 is 2.07 bits per heavy atom. The second kappa shape index (κ2) is 9.15. The fourth-order valence-corrected chi connectivity index (χ4v) is 5.03. The minimum Gasteiger partial charge on any atom is -0.493 e. The molecule has 0 saturated carbocycles. The van der Waals surface area contributed by atoms with Gasteiger partial charge < -0.3 is 9.47 Å². The zero-order valence-electron chi connectivity index (χ0n) is 17.6. The summed E-state index contributed by atoms with van der Waals surface area (Å²) in [5.41, 5.74) is 3.43. The Kier molecular flexibility index (Phi) is 6.82. The molecule has 3 rings (SSSR count). The van der Waals surface area contributed by atoms with Crippen LogP contribution < -0.4 is 9.47 Å². The SMILES string of the molecule is CCc1ccc(S(=O)(=O)N2CCN(Cc3cc(OC)c(OC)cc3C)CC2)cc1. The number of benzene rings is 2. The van der Waals surface area contributed by atoms with Crippen LogP contribution >= 0.6 is 0 Å². The largest absolute Gasteiger partial charge is 0.493 e. The summed E-state index contributed by atoms with van der Waals surface area (Å²) in [5, 5.41) is 0. The molecule has 29 heavy (non-hydrogen) atoms. The maximum absolute atomic E-state index is 12.9. The Morgan fingerprint density at radius 1 is 0.931 bits per heavy atom. The molecule has 0 aromatic heterocycles. The van der Waals surface area contributed by atoms with Crippen LogP contribution in [0.4, 0.5) is 0 Å². The summed E-state index contributed by atoms with van der Waals surface area (Å²) in [5.74, 6) is 1.43. The van der Waals surface area contributed by atoms with Crippen LogP contribution in [0.5, 0.6) is 11.5 Å². The third-order valence-corrected chi connectivity index (χ3v) is 7.45. The highest BCUT2D eigenvalue weighted by atomic mass is 32.2. The Bertz CT molecular complexity index is 934. The van der Waals surface area contributed by atoms with E-state index in [9.17, 15) is 8.42 Å². The first kappa shape index (κ1) is 21.6. The van der Waals surface area contributed by atoms with Gasteiger partial charge >= 0.3 is 0 Å². The molecule has 0 aliphatic carbocycles. The number of rotatable bonds is 7. The first-order valence-corrected chi connectivity index (χ1v) is 11.4. The monoisotopic (exact) mass is 418 g/mol. The van der Waals surface area contributed by atoms with Crippen LogP contribution in [-0.2, 0) is 23.0 Å². The molecule has 1 fully saturated rings. The van der Waals surface area contributed by atoms with Gasteiger partial charge in [0, 0.05) is 32.7 Å². The standard InChI is InChI=1S/C22H30N2O4S/c1-5-18-6-8-20(9-7-18)29(25,26)24-12-10-23(11-13-24)16-19-15-22(28-4)21(27-3)14-17(19)2/h6-9,14-15H,5,10-13,16H2,1-4H3. The number of piperazine rings is 1. The van der Waals surface area contributed by atoms with Gasteiger partial charge in [0.25, 0.3) is 0 Å². The van der Waals surface area contributed by atoms with E-state index in [-0.39, 0.29) is 0 Å². The molecular formula is C22H30N2O4S. The van der Waals surface area contributed by atoms with E-state index < -0.39 is 10.0 Å². The lowest BCUT2D eigenvalue weighted by Gasteiger charge is -2.34. The lowest BCUT2D eigenvalue weighted by molar-refractivity contribution is 0.181. The van der Waals surface area contributed by atoms with E-state index in [1.54, 1.807) is 30.7 Å². The van der Waals surface area contributed by atoms with Crippen LogP contribution in [0, 0.1) is 6.92 Å². The lowest BCUT2D eigenvalue weighted by atomic mass is 10.1. The third-order valence-electron chi connectivity index (χ3n) is 5.54. The number of hydrogen-bond donors (Lipinski definition) is 0. The van der Waals surface area contributed by atoms with Gasteiger partial charge in [-0.1, -0.05) is 19.1 Å². The Morgan fingerprint density at radius 2 is 1.52 bits per heavy atom. The molecule has 1 aliphatic heterocycles. The van der Waals surface area contributed by atoms with Crippen molar-refractivity contribution in [1.29, 1.82) is 0 Å². The summed E-state index contributed by atoms with van der Waals surface area (Å²) in [7, 11) is -0.177.